The van der Waals surface area contributed by atoms with Gasteiger partial charge >= 0.3 is 10.3 Å². The number of allylic oxidation sites excluding steroid dienone is 1. The van der Waals surface area contributed by atoms with Gasteiger partial charge in [0.2, 0.25) is 10.0 Å². The fraction of sp³-hybridized carbons (Fsp3) is 0.778. The molecule has 0 spiro atoms. The Bertz CT molecular complexity index is 467. The first-order valence-corrected chi connectivity index (χ1v) is 8.68. The summed E-state index contributed by atoms with van der Waals surface area (Å²) in [4.78, 5) is 0. The van der Waals surface area contributed by atoms with Crippen molar-refractivity contribution in [3.05, 3.63) is 11.6 Å². The summed E-state index contributed by atoms with van der Waals surface area (Å²) in [6, 6.07) is 0. The lowest BCUT2D eigenvalue weighted by Crippen LogP contribution is -2.28. The molecule has 0 heterocycles. The summed E-state index contributed by atoms with van der Waals surface area (Å²) in [5.74, 6) is 0. The molecule has 0 atom stereocenters. The van der Waals surface area contributed by atoms with Crippen LogP contribution in [0.15, 0.2) is 11.6 Å². The second-order valence-electron chi connectivity index (χ2n) is 3.63. The summed E-state index contributed by atoms with van der Waals surface area (Å²) < 4.78 is 52.7. The summed E-state index contributed by atoms with van der Waals surface area (Å²) in [6.45, 7) is 2.25. The van der Waals surface area contributed by atoms with Crippen molar-refractivity contribution in [2.45, 2.75) is 19.8 Å². The van der Waals surface area contributed by atoms with E-state index in [1.807, 2.05) is 13.0 Å². The predicted molar refractivity (Wildman–Crippen MR) is 69.8 cm³/mol. The molecule has 9 heteroatoms. The van der Waals surface area contributed by atoms with Gasteiger partial charge in [-0.25, -0.2) is 13.1 Å². The van der Waals surface area contributed by atoms with Gasteiger partial charge in [0.05, 0.1) is 13.4 Å². The summed E-state index contributed by atoms with van der Waals surface area (Å²) >= 11 is 0. The molecule has 2 N–H and O–H groups in total. The zero-order valence-electron chi connectivity index (χ0n) is 10.8. The van der Waals surface area contributed by atoms with Crippen LogP contribution in [0.2, 0.25) is 0 Å². The Labute approximate surface area is 109 Å². The third-order valence-electron chi connectivity index (χ3n) is 2.00. The Morgan fingerprint density at radius 2 is 1.83 bits per heavy atom. The second kappa shape index (κ2) is 7.85. The van der Waals surface area contributed by atoms with Crippen molar-refractivity contribution in [3.63, 3.8) is 0 Å². The zero-order chi connectivity index (χ0) is 14.2. The van der Waals surface area contributed by atoms with E-state index in [4.69, 9.17) is 0 Å². The highest BCUT2D eigenvalue weighted by Gasteiger charge is 2.08. The van der Waals surface area contributed by atoms with Crippen LogP contribution >= 0.6 is 0 Å². The van der Waals surface area contributed by atoms with E-state index in [0.717, 1.165) is 25.4 Å². The smallest absolute Gasteiger partial charge is 0.261 e. The van der Waals surface area contributed by atoms with Crippen LogP contribution in [0.5, 0.6) is 0 Å². The Balaban J connectivity index is 4.30. The van der Waals surface area contributed by atoms with E-state index in [0.29, 0.717) is 6.42 Å². The molecular formula is C9H20N2O5S2. The molecule has 0 aromatic heterocycles. The summed E-state index contributed by atoms with van der Waals surface area (Å²) in [6.07, 6.45) is 4.10. The predicted octanol–water partition coefficient (Wildman–Crippen LogP) is -0.257. The van der Waals surface area contributed by atoms with E-state index in [-0.39, 0.29) is 13.1 Å². The van der Waals surface area contributed by atoms with Crippen molar-refractivity contribution >= 4 is 20.3 Å². The highest BCUT2D eigenvalue weighted by Crippen LogP contribution is 2.02. The highest BCUT2D eigenvalue weighted by atomic mass is 32.2. The fourth-order valence-corrected chi connectivity index (χ4v) is 2.14. The maximum absolute atomic E-state index is 11.1. The van der Waals surface area contributed by atoms with Crippen LogP contribution in [0.3, 0.4) is 0 Å². The van der Waals surface area contributed by atoms with Gasteiger partial charge < -0.3 is 0 Å². The van der Waals surface area contributed by atoms with Crippen LogP contribution in [-0.4, -0.2) is 43.3 Å². The maximum atomic E-state index is 11.1. The van der Waals surface area contributed by atoms with Crippen LogP contribution in [0.1, 0.15) is 19.8 Å². The van der Waals surface area contributed by atoms with E-state index < -0.39 is 20.3 Å². The maximum Gasteiger partial charge on any atom is 0.335 e. The average molecular weight is 300 g/mol. The minimum Gasteiger partial charge on any atom is -0.261 e. The van der Waals surface area contributed by atoms with Gasteiger partial charge in [0.25, 0.3) is 0 Å². The summed E-state index contributed by atoms with van der Waals surface area (Å²) in [7, 11) is -5.87. The molecule has 0 saturated carbocycles. The lowest BCUT2D eigenvalue weighted by Gasteiger charge is -2.09. The van der Waals surface area contributed by atoms with Crippen LogP contribution < -0.4 is 9.44 Å². The number of rotatable bonds is 9. The number of hydrogen-bond donors (Lipinski definition) is 2. The molecule has 0 radical (unpaired) electrons. The van der Waals surface area contributed by atoms with Crippen molar-refractivity contribution in [2.75, 3.05) is 26.5 Å². The quantitative estimate of drug-likeness (QED) is 0.571. The van der Waals surface area contributed by atoms with E-state index in [1.165, 1.54) is 0 Å². The van der Waals surface area contributed by atoms with Gasteiger partial charge in [-0.05, 0) is 12.8 Å². The fourth-order valence-electron chi connectivity index (χ4n) is 1.19. The Morgan fingerprint density at radius 1 is 1.22 bits per heavy atom. The van der Waals surface area contributed by atoms with Crippen molar-refractivity contribution < 1.29 is 21.0 Å². The monoisotopic (exact) mass is 300 g/mol. The standard InChI is InChI=1S/C9H20N2O5S2/c1-4-5-9(6-7-10-17(3,12)13)8-11-18(14,15)16-2/h5,10-11H,4,6-8H2,1-3H3/b9-5-. The molecule has 0 rings (SSSR count). The van der Waals surface area contributed by atoms with Gasteiger partial charge in [0.15, 0.2) is 0 Å². The average Bonchev–Trinajstić information content (AvgIpc) is 2.24. The molecule has 0 aromatic rings. The van der Waals surface area contributed by atoms with Crippen LogP contribution in [0.25, 0.3) is 0 Å². The zero-order valence-corrected chi connectivity index (χ0v) is 12.4. The largest absolute Gasteiger partial charge is 0.335 e. The molecule has 0 aromatic carbocycles. The third-order valence-corrected chi connectivity index (χ3v) is 3.66. The Hall–Kier alpha value is -0.480. The SMILES string of the molecule is CC/C=C(/CCNS(C)(=O)=O)CNS(=O)(=O)OC. The molecular weight excluding hydrogens is 280 g/mol. The minimum absolute atomic E-state index is 0.107. The van der Waals surface area contributed by atoms with Gasteiger partial charge in [-0.15, -0.1) is 0 Å². The van der Waals surface area contributed by atoms with Gasteiger partial charge in [-0.3, -0.25) is 4.18 Å². The van der Waals surface area contributed by atoms with E-state index >= 15 is 0 Å². The second-order valence-corrected chi connectivity index (χ2v) is 6.99. The van der Waals surface area contributed by atoms with Gasteiger partial charge in [0.1, 0.15) is 0 Å². The molecule has 0 amide bonds. The molecule has 0 aliphatic rings. The van der Waals surface area contributed by atoms with Crippen molar-refractivity contribution in [1.82, 2.24) is 9.44 Å². The van der Waals surface area contributed by atoms with Gasteiger partial charge in [-0.2, -0.15) is 13.1 Å². The first-order chi connectivity index (χ1) is 8.20. The lowest BCUT2D eigenvalue weighted by atomic mass is 10.1. The van der Waals surface area contributed by atoms with E-state index in [9.17, 15) is 16.8 Å². The molecule has 108 valence electrons. The first kappa shape index (κ1) is 17.5. The number of nitrogens with one attached hydrogen (secondary N) is 2. The topological polar surface area (TPSA) is 102 Å². The van der Waals surface area contributed by atoms with Gasteiger partial charge in [-0.1, -0.05) is 18.6 Å². The summed E-state index contributed by atoms with van der Waals surface area (Å²) in [5.41, 5.74) is 0.800. The van der Waals surface area contributed by atoms with Crippen molar-refractivity contribution in [1.29, 1.82) is 0 Å². The molecule has 0 bridgehead atoms. The molecule has 0 unspecified atom stereocenters. The Morgan fingerprint density at radius 3 is 2.28 bits per heavy atom. The molecule has 0 fully saturated rings. The summed E-state index contributed by atoms with van der Waals surface area (Å²) in [5, 5.41) is 0. The van der Waals surface area contributed by atoms with Crippen LogP contribution in [0, 0.1) is 0 Å². The van der Waals surface area contributed by atoms with Crippen LogP contribution in [0.4, 0.5) is 0 Å². The lowest BCUT2D eigenvalue weighted by molar-refractivity contribution is 0.388. The van der Waals surface area contributed by atoms with E-state index in [2.05, 4.69) is 13.6 Å². The minimum atomic E-state index is -3.72. The third kappa shape index (κ3) is 9.54. The molecule has 0 saturated heterocycles. The molecule has 0 aliphatic heterocycles. The van der Waals surface area contributed by atoms with Gasteiger partial charge in [0, 0.05) is 13.1 Å². The Kier molecular flexibility index (Phi) is 7.64. The van der Waals surface area contributed by atoms with Crippen LogP contribution in [-0.2, 0) is 24.5 Å². The first-order valence-electron chi connectivity index (χ1n) is 5.38. The molecule has 0 aliphatic carbocycles. The highest BCUT2D eigenvalue weighted by molar-refractivity contribution is 7.88. The molecule has 18 heavy (non-hydrogen) atoms. The normalized spacial score (nSPS) is 13.8. The van der Waals surface area contributed by atoms with Crippen molar-refractivity contribution in [2.24, 2.45) is 0 Å². The molecule has 7 nitrogen and oxygen atoms in total. The van der Waals surface area contributed by atoms with E-state index in [1.54, 1.807) is 0 Å². The number of hydrogen-bond acceptors (Lipinski definition) is 5. The number of sulfonamides is 1. The van der Waals surface area contributed by atoms with Crippen molar-refractivity contribution in [3.8, 4) is 0 Å².